The van der Waals surface area contributed by atoms with Crippen LogP contribution in [0, 0.1) is 3.57 Å². The lowest BCUT2D eigenvalue weighted by molar-refractivity contribution is 0.575. The van der Waals surface area contributed by atoms with Crippen LogP contribution in [0.1, 0.15) is 63.9 Å². The quantitative estimate of drug-likeness (QED) is 0.382. The molecule has 0 amide bonds. The van der Waals surface area contributed by atoms with E-state index in [1.807, 2.05) is 0 Å². The Labute approximate surface area is 120 Å². The molecule has 0 spiro atoms. The second-order valence-corrected chi connectivity index (χ2v) is 6.10. The van der Waals surface area contributed by atoms with Gasteiger partial charge in [-0.3, -0.25) is 0 Å². The van der Waals surface area contributed by atoms with Crippen molar-refractivity contribution in [3.05, 3.63) is 33.4 Å². The van der Waals surface area contributed by atoms with Crippen LogP contribution in [0.5, 0.6) is 0 Å². The standard InChI is InChI=1S/C16H25I/c1-2-3-4-5-6-7-8-9-10-15-11-13-16(17)14-12-15/h11-14H,2-10H2,1H3. The number of hydrogen-bond donors (Lipinski definition) is 0. The van der Waals surface area contributed by atoms with Gasteiger partial charge in [-0.25, -0.2) is 0 Å². The van der Waals surface area contributed by atoms with E-state index in [1.54, 1.807) is 0 Å². The summed E-state index contributed by atoms with van der Waals surface area (Å²) in [6.07, 6.45) is 12.5. The third-order valence-electron chi connectivity index (χ3n) is 3.23. The number of halogens is 1. The van der Waals surface area contributed by atoms with Crippen molar-refractivity contribution in [2.24, 2.45) is 0 Å². The van der Waals surface area contributed by atoms with Crippen LogP contribution in [0.25, 0.3) is 0 Å². The van der Waals surface area contributed by atoms with Gasteiger partial charge in [-0.1, -0.05) is 64.0 Å². The summed E-state index contributed by atoms with van der Waals surface area (Å²) >= 11 is 2.36. The number of rotatable bonds is 9. The Kier molecular flexibility index (Phi) is 8.76. The Hall–Kier alpha value is -0.0500. The van der Waals surface area contributed by atoms with Crippen LogP contribution in [-0.2, 0) is 6.42 Å². The second kappa shape index (κ2) is 9.93. The molecule has 0 aliphatic heterocycles. The Balaban J connectivity index is 1.95. The number of benzene rings is 1. The number of hydrogen-bond acceptors (Lipinski definition) is 0. The topological polar surface area (TPSA) is 0 Å². The van der Waals surface area contributed by atoms with Crippen LogP contribution in [0.2, 0.25) is 0 Å². The van der Waals surface area contributed by atoms with Crippen molar-refractivity contribution < 1.29 is 0 Å². The zero-order valence-electron chi connectivity index (χ0n) is 11.1. The van der Waals surface area contributed by atoms with Crippen molar-refractivity contribution in [2.75, 3.05) is 0 Å². The summed E-state index contributed by atoms with van der Waals surface area (Å²) < 4.78 is 1.34. The summed E-state index contributed by atoms with van der Waals surface area (Å²) in [7, 11) is 0. The molecule has 0 aliphatic rings. The van der Waals surface area contributed by atoms with Crippen LogP contribution in [0.3, 0.4) is 0 Å². The van der Waals surface area contributed by atoms with Crippen LogP contribution in [0.4, 0.5) is 0 Å². The molecule has 0 aliphatic carbocycles. The van der Waals surface area contributed by atoms with Gasteiger partial charge in [-0.15, -0.1) is 0 Å². The van der Waals surface area contributed by atoms with Gasteiger partial charge in [0.1, 0.15) is 0 Å². The van der Waals surface area contributed by atoms with Crippen molar-refractivity contribution in [2.45, 2.75) is 64.7 Å². The van der Waals surface area contributed by atoms with Gasteiger partial charge in [0, 0.05) is 3.57 Å². The van der Waals surface area contributed by atoms with Gasteiger partial charge in [-0.2, -0.15) is 0 Å². The van der Waals surface area contributed by atoms with E-state index in [1.165, 1.54) is 66.9 Å². The lowest BCUT2D eigenvalue weighted by Crippen LogP contribution is -1.86. The van der Waals surface area contributed by atoms with E-state index in [2.05, 4.69) is 53.8 Å². The van der Waals surface area contributed by atoms with Crippen LogP contribution in [0.15, 0.2) is 24.3 Å². The first kappa shape index (κ1) is 15.0. The van der Waals surface area contributed by atoms with Gasteiger partial charge in [0.25, 0.3) is 0 Å². The summed E-state index contributed by atoms with van der Waals surface area (Å²) in [5.41, 5.74) is 1.50. The smallest absolute Gasteiger partial charge is 0.0130 e. The summed E-state index contributed by atoms with van der Waals surface area (Å²) in [6, 6.07) is 8.95. The van der Waals surface area contributed by atoms with Crippen LogP contribution in [-0.4, -0.2) is 0 Å². The molecule has 0 fully saturated rings. The molecule has 0 atom stereocenters. The molecule has 0 heterocycles. The Morgan fingerprint density at radius 2 is 1.29 bits per heavy atom. The van der Waals surface area contributed by atoms with Gasteiger partial charge >= 0.3 is 0 Å². The lowest BCUT2D eigenvalue weighted by Gasteiger charge is -2.02. The fourth-order valence-corrected chi connectivity index (χ4v) is 2.47. The van der Waals surface area contributed by atoms with Crippen molar-refractivity contribution in [3.63, 3.8) is 0 Å². The van der Waals surface area contributed by atoms with E-state index < -0.39 is 0 Å². The SMILES string of the molecule is CCCCCCCCCCc1ccc(I)cc1. The molecule has 1 rings (SSSR count). The highest BCUT2D eigenvalue weighted by atomic mass is 127. The molecule has 1 heteroatoms. The van der Waals surface area contributed by atoms with E-state index in [-0.39, 0.29) is 0 Å². The third kappa shape index (κ3) is 7.80. The molecule has 0 bridgehead atoms. The number of unbranched alkanes of at least 4 members (excludes halogenated alkanes) is 7. The average Bonchev–Trinajstić information content (AvgIpc) is 2.35. The first-order chi connectivity index (χ1) is 8.33. The molecule has 0 aromatic heterocycles. The fraction of sp³-hybridized carbons (Fsp3) is 0.625. The van der Waals surface area contributed by atoms with Gasteiger partial charge in [0.15, 0.2) is 0 Å². The van der Waals surface area contributed by atoms with E-state index in [0.29, 0.717) is 0 Å². The third-order valence-corrected chi connectivity index (χ3v) is 3.95. The second-order valence-electron chi connectivity index (χ2n) is 4.85. The molecule has 0 N–H and O–H groups in total. The van der Waals surface area contributed by atoms with Crippen molar-refractivity contribution >= 4 is 22.6 Å². The predicted octanol–water partition coefficient (Wildman–Crippen LogP) is 5.97. The molecule has 0 radical (unpaired) electrons. The molecule has 0 saturated carbocycles. The molecule has 0 saturated heterocycles. The van der Waals surface area contributed by atoms with Gasteiger partial charge in [0.2, 0.25) is 0 Å². The zero-order valence-corrected chi connectivity index (χ0v) is 13.2. The normalized spacial score (nSPS) is 10.7. The molecular weight excluding hydrogens is 319 g/mol. The van der Waals surface area contributed by atoms with E-state index in [4.69, 9.17) is 0 Å². The average molecular weight is 344 g/mol. The van der Waals surface area contributed by atoms with Crippen LogP contribution >= 0.6 is 22.6 Å². The minimum atomic E-state index is 1.26. The summed E-state index contributed by atoms with van der Waals surface area (Å²) in [6.45, 7) is 2.28. The minimum absolute atomic E-state index is 1.26. The lowest BCUT2D eigenvalue weighted by atomic mass is 10.0. The van der Waals surface area contributed by atoms with E-state index in [0.717, 1.165) is 0 Å². The predicted molar refractivity (Wildman–Crippen MR) is 85.5 cm³/mol. The van der Waals surface area contributed by atoms with Crippen molar-refractivity contribution in [1.82, 2.24) is 0 Å². The number of aryl methyl sites for hydroxylation is 1. The van der Waals surface area contributed by atoms with E-state index in [9.17, 15) is 0 Å². The molecule has 1 aromatic carbocycles. The maximum atomic E-state index is 2.36. The first-order valence-corrected chi connectivity index (χ1v) is 8.15. The van der Waals surface area contributed by atoms with Crippen molar-refractivity contribution in [1.29, 1.82) is 0 Å². The molecule has 96 valence electrons. The van der Waals surface area contributed by atoms with E-state index >= 15 is 0 Å². The molecular formula is C16H25I. The van der Waals surface area contributed by atoms with Gasteiger partial charge in [-0.05, 0) is 53.1 Å². The fourth-order valence-electron chi connectivity index (χ4n) is 2.11. The van der Waals surface area contributed by atoms with Crippen LogP contribution < -0.4 is 0 Å². The maximum Gasteiger partial charge on any atom is 0.0130 e. The zero-order chi connectivity index (χ0) is 12.3. The molecule has 0 unspecified atom stereocenters. The highest BCUT2D eigenvalue weighted by molar-refractivity contribution is 14.1. The molecule has 1 aromatic rings. The summed E-state index contributed by atoms with van der Waals surface area (Å²) in [5.74, 6) is 0. The summed E-state index contributed by atoms with van der Waals surface area (Å²) in [4.78, 5) is 0. The van der Waals surface area contributed by atoms with Gasteiger partial charge in [0.05, 0.1) is 0 Å². The Bertz CT molecular complexity index is 276. The van der Waals surface area contributed by atoms with Crippen molar-refractivity contribution in [3.8, 4) is 0 Å². The summed E-state index contributed by atoms with van der Waals surface area (Å²) in [5, 5.41) is 0. The highest BCUT2D eigenvalue weighted by Gasteiger charge is 1.94. The Morgan fingerprint density at radius 3 is 1.88 bits per heavy atom. The highest BCUT2D eigenvalue weighted by Crippen LogP contribution is 2.12. The largest absolute Gasteiger partial charge is 0.0654 e. The monoisotopic (exact) mass is 344 g/mol. The minimum Gasteiger partial charge on any atom is -0.0654 e. The molecule has 0 nitrogen and oxygen atoms in total. The first-order valence-electron chi connectivity index (χ1n) is 7.07. The maximum absolute atomic E-state index is 2.36. The molecule has 17 heavy (non-hydrogen) atoms. The van der Waals surface area contributed by atoms with Gasteiger partial charge < -0.3 is 0 Å². The Morgan fingerprint density at radius 1 is 0.765 bits per heavy atom.